The van der Waals surface area contributed by atoms with Crippen LogP contribution in [-0.4, -0.2) is 22.1 Å². The summed E-state index contributed by atoms with van der Waals surface area (Å²) in [4.78, 5) is 11.3. The Bertz CT molecular complexity index is 452. The molecule has 2 N–H and O–H groups in total. The van der Waals surface area contributed by atoms with Crippen LogP contribution in [0.2, 0.25) is 0 Å². The molecule has 0 amide bonds. The number of carboxylic acids is 1. The number of halogens is 3. The first-order chi connectivity index (χ1) is 8.36. The predicted octanol–water partition coefficient (Wildman–Crippen LogP) is 2.82. The molecule has 1 aromatic rings. The summed E-state index contributed by atoms with van der Waals surface area (Å²) in [5.41, 5.74) is -2.08. The van der Waals surface area contributed by atoms with Gasteiger partial charge in [0.25, 0.3) is 0 Å². The van der Waals surface area contributed by atoms with Crippen LogP contribution < -0.4 is 0 Å². The molecule has 1 aliphatic carbocycles. The van der Waals surface area contributed by atoms with E-state index in [4.69, 9.17) is 0 Å². The number of carbonyl (C=O) groups is 1. The summed E-state index contributed by atoms with van der Waals surface area (Å²) >= 11 is 0. The Balaban J connectivity index is 0.00000180. The van der Waals surface area contributed by atoms with Crippen molar-refractivity contribution in [2.24, 2.45) is 5.92 Å². The van der Waals surface area contributed by atoms with Crippen LogP contribution >= 0.6 is 12.4 Å². The quantitative estimate of drug-likeness (QED) is 0.900. The van der Waals surface area contributed by atoms with Crippen molar-refractivity contribution in [3.05, 3.63) is 35.9 Å². The Morgan fingerprint density at radius 1 is 1.32 bits per heavy atom. The molecule has 0 spiro atoms. The lowest BCUT2D eigenvalue weighted by molar-refractivity contribution is -0.167. The summed E-state index contributed by atoms with van der Waals surface area (Å²) in [7, 11) is 0. The zero-order valence-corrected chi connectivity index (χ0v) is 10.9. The molecule has 1 fully saturated rings. The SMILES string of the molecule is Cl.O=C(O)[C@](O)(c1ccccc1)[C@@H]1CCC(F)(F)C1. The Morgan fingerprint density at radius 3 is 2.32 bits per heavy atom. The number of hydrogen-bond acceptors (Lipinski definition) is 2. The lowest BCUT2D eigenvalue weighted by Crippen LogP contribution is -2.42. The molecule has 0 bridgehead atoms. The van der Waals surface area contributed by atoms with E-state index in [1.165, 1.54) is 12.1 Å². The molecule has 106 valence electrons. The van der Waals surface area contributed by atoms with Gasteiger partial charge in [0.2, 0.25) is 5.92 Å². The molecule has 3 nitrogen and oxygen atoms in total. The van der Waals surface area contributed by atoms with Crippen LogP contribution in [0, 0.1) is 5.92 Å². The zero-order chi connectivity index (χ0) is 13.4. The molecule has 0 radical (unpaired) electrons. The molecule has 1 aromatic carbocycles. The van der Waals surface area contributed by atoms with Crippen molar-refractivity contribution in [2.75, 3.05) is 0 Å². The van der Waals surface area contributed by atoms with Crippen LogP contribution in [0.5, 0.6) is 0 Å². The second-order valence-corrected chi connectivity index (χ2v) is 4.73. The average molecular weight is 293 g/mol. The number of carboxylic acid groups (broad SMARTS) is 1. The highest BCUT2D eigenvalue weighted by molar-refractivity contribution is 5.85. The number of aliphatic carboxylic acids is 1. The molecule has 2 rings (SSSR count). The summed E-state index contributed by atoms with van der Waals surface area (Å²) < 4.78 is 26.4. The fourth-order valence-electron chi connectivity index (χ4n) is 2.53. The molecular formula is C13H15ClF2O3. The second-order valence-electron chi connectivity index (χ2n) is 4.73. The lowest BCUT2D eigenvalue weighted by Gasteiger charge is -2.30. The minimum atomic E-state index is -2.89. The lowest BCUT2D eigenvalue weighted by atomic mass is 9.80. The third-order valence-electron chi connectivity index (χ3n) is 3.53. The van der Waals surface area contributed by atoms with Crippen molar-refractivity contribution < 1.29 is 23.8 Å². The molecule has 0 saturated heterocycles. The van der Waals surface area contributed by atoms with Crippen molar-refractivity contribution in [3.63, 3.8) is 0 Å². The maximum Gasteiger partial charge on any atom is 0.340 e. The summed E-state index contributed by atoms with van der Waals surface area (Å²) in [6.07, 6.45) is -0.963. The fourth-order valence-corrected chi connectivity index (χ4v) is 2.53. The van der Waals surface area contributed by atoms with E-state index in [1.807, 2.05) is 0 Å². The summed E-state index contributed by atoms with van der Waals surface area (Å²) in [5, 5.41) is 19.6. The Labute approximate surface area is 115 Å². The van der Waals surface area contributed by atoms with E-state index in [9.17, 15) is 23.8 Å². The average Bonchev–Trinajstić information content (AvgIpc) is 2.70. The van der Waals surface area contributed by atoms with E-state index in [0.29, 0.717) is 0 Å². The van der Waals surface area contributed by atoms with Crippen LogP contribution in [0.4, 0.5) is 8.78 Å². The van der Waals surface area contributed by atoms with E-state index in [0.717, 1.165) is 0 Å². The van der Waals surface area contributed by atoms with Gasteiger partial charge in [-0.05, 0) is 12.0 Å². The maximum atomic E-state index is 13.2. The monoisotopic (exact) mass is 292 g/mol. The van der Waals surface area contributed by atoms with Crippen LogP contribution in [0.3, 0.4) is 0 Å². The van der Waals surface area contributed by atoms with Crippen LogP contribution in [0.1, 0.15) is 24.8 Å². The predicted molar refractivity (Wildman–Crippen MR) is 67.5 cm³/mol. The van der Waals surface area contributed by atoms with Crippen molar-refractivity contribution in [3.8, 4) is 0 Å². The normalized spacial score (nSPS) is 24.3. The summed E-state index contributed by atoms with van der Waals surface area (Å²) in [6.45, 7) is 0. The van der Waals surface area contributed by atoms with E-state index in [-0.39, 0.29) is 30.8 Å². The van der Waals surface area contributed by atoms with Gasteiger partial charge >= 0.3 is 5.97 Å². The third-order valence-corrected chi connectivity index (χ3v) is 3.53. The first-order valence-corrected chi connectivity index (χ1v) is 5.75. The molecule has 1 aliphatic rings. The highest BCUT2D eigenvalue weighted by Crippen LogP contribution is 2.47. The number of aliphatic hydroxyl groups is 1. The molecule has 0 heterocycles. The standard InChI is InChI=1S/C13H14F2O3.ClH/c14-12(15)7-6-10(8-12)13(18,11(16)17)9-4-2-1-3-5-9;/h1-5,10,18H,6-8H2,(H,16,17);1H/t10-,13+;/m1./s1. The molecule has 0 aromatic heterocycles. The smallest absolute Gasteiger partial charge is 0.340 e. The van der Waals surface area contributed by atoms with Gasteiger partial charge in [-0.1, -0.05) is 30.3 Å². The first-order valence-electron chi connectivity index (χ1n) is 5.75. The topological polar surface area (TPSA) is 57.5 Å². The number of alkyl halides is 2. The van der Waals surface area contributed by atoms with Gasteiger partial charge in [-0.15, -0.1) is 12.4 Å². The maximum absolute atomic E-state index is 13.2. The number of rotatable bonds is 3. The van der Waals surface area contributed by atoms with Gasteiger partial charge in [0.15, 0.2) is 5.60 Å². The molecule has 2 atom stereocenters. The summed E-state index contributed by atoms with van der Waals surface area (Å²) in [5.74, 6) is -5.33. The molecule has 19 heavy (non-hydrogen) atoms. The second kappa shape index (κ2) is 5.43. The zero-order valence-electron chi connectivity index (χ0n) is 10.1. The molecule has 1 saturated carbocycles. The van der Waals surface area contributed by atoms with Crippen LogP contribution in [-0.2, 0) is 10.4 Å². The minimum Gasteiger partial charge on any atom is -0.479 e. The van der Waals surface area contributed by atoms with E-state index < -0.39 is 29.8 Å². The Morgan fingerprint density at radius 2 is 1.89 bits per heavy atom. The van der Waals surface area contributed by atoms with Gasteiger partial charge in [0.1, 0.15) is 0 Å². The van der Waals surface area contributed by atoms with Crippen LogP contribution in [0.25, 0.3) is 0 Å². The largest absolute Gasteiger partial charge is 0.479 e. The van der Waals surface area contributed by atoms with Crippen molar-refractivity contribution in [1.82, 2.24) is 0 Å². The first kappa shape index (κ1) is 15.9. The van der Waals surface area contributed by atoms with Crippen molar-refractivity contribution in [2.45, 2.75) is 30.8 Å². The fraction of sp³-hybridized carbons (Fsp3) is 0.462. The molecular weight excluding hydrogens is 278 g/mol. The van der Waals surface area contributed by atoms with E-state index >= 15 is 0 Å². The molecule has 0 unspecified atom stereocenters. The summed E-state index contributed by atoms with van der Waals surface area (Å²) in [6, 6.07) is 7.73. The molecule has 6 heteroatoms. The van der Waals surface area contributed by atoms with Crippen molar-refractivity contribution >= 4 is 18.4 Å². The Hall–Kier alpha value is -1.20. The molecule has 0 aliphatic heterocycles. The van der Waals surface area contributed by atoms with Gasteiger partial charge in [-0.3, -0.25) is 0 Å². The van der Waals surface area contributed by atoms with E-state index in [2.05, 4.69) is 0 Å². The third kappa shape index (κ3) is 2.87. The van der Waals surface area contributed by atoms with Gasteiger partial charge in [0, 0.05) is 18.8 Å². The van der Waals surface area contributed by atoms with Gasteiger partial charge in [-0.2, -0.15) is 0 Å². The number of benzene rings is 1. The van der Waals surface area contributed by atoms with Gasteiger partial charge in [0.05, 0.1) is 0 Å². The van der Waals surface area contributed by atoms with Crippen LogP contribution in [0.15, 0.2) is 30.3 Å². The highest BCUT2D eigenvalue weighted by Gasteiger charge is 2.53. The number of hydrogen-bond donors (Lipinski definition) is 2. The van der Waals surface area contributed by atoms with Gasteiger partial charge in [-0.25, -0.2) is 13.6 Å². The van der Waals surface area contributed by atoms with Gasteiger partial charge < -0.3 is 10.2 Å². The minimum absolute atomic E-state index is 0. The highest BCUT2D eigenvalue weighted by atomic mass is 35.5. The van der Waals surface area contributed by atoms with E-state index in [1.54, 1.807) is 18.2 Å². The Kier molecular flexibility index (Phi) is 4.53. The van der Waals surface area contributed by atoms with Crippen molar-refractivity contribution in [1.29, 1.82) is 0 Å².